The van der Waals surface area contributed by atoms with E-state index in [0.717, 1.165) is 4.57 Å². The van der Waals surface area contributed by atoms with E-state index in [9.17, 15) is 9.59 Å². The molecule has 0 saturated carbocycles. The second kappa shape index (κ2) is 3.53. The molecule has 0 spiro atoms. The second-order valence-electron chi connectivity index (χ2n) is 3.10. The van der Waals surface area contributed by atoms with Gasteiger partial charge in [0.05, 0.1) is 0 Å². The summed E-state index contributed by atoms with van der Waals surface area (Å²) in [5.41, 5.74) is -0.307. The normalized spacial score (nSPS) is 10.2. The smallest absolute Gasteiger partial charge is 0.291 e. The molecule has 5 nitrogen and oxygen atoms in total. The molecule has 5 heteroatoms. The van der Waals surface area contributed by atoms with Gasteiger partial charge in [0, 0.05) is 12.6 Å². The van der Waals surface area contributed by atoms with Gasteiger partial charge in [0.25, 0.3) is 0 Å². The van der Waals surface area contributed by atoms with Gasteiger partial charge in [0.15, 0.2) is 0 Å². The Kier molecular flexibility index (Phi) is 2.21. The zero-order chi connectivity index (χ0) is 10.8. The summed E-state index contributed by atoms with van der Waals surface area (Å²) in [5, 5.41) is 0. The molecule has 2 aromatic rings. The Morgan fingerprint density at radius 2 is 1.87 bits per heavy atom. The zero-order valence-corrected chi connectivity index (χ0v) is 8.10. The van der Waals surface area contributed by atoms with Gasteiger partial charge >= 0.3 is 11.4 Å². The molecule has 0 aliphatic heterocycles. The van der Waals surface area contributed by atoms with Crippen LogP contribution in [0, 0.1) is 0 Å². The largest absolute Gasteiger partial charge is 0.353 e. The third-order valence-electron chi connectivity index (χ3n) is 2.07. The highest BCUT2D eigenvalue weighted by Gasteiger charge is 2.03. The Bertz CT molecular complexity index is 552. The molecule has 2 rings (SSSR count). The first kappa shape index (κ1) is 9.39. The van der Waals surface area contributed by atoms with E-state index in [4.69, 9.17) is 0 Å². The first-order valence-electron chi connectivity index (χ1n) is 4.41. The third kappa shape index (κ3) is 1.71. The van der Waals surface area contributed by atoms with Gasteiger partial charge in [-0.05, 0) is 0 Å². The summed E-state index contributed by atoms with van der Waals surface area (Å²) in [7, 11) is 1.38. The molecular weight excluding hydrogens is 194 g/mol. The highest BCUT2D eigenvalue weighted by molar-refractivity contribution is 5.53. The molecule has 1 aromatic carbocycles. The summed E-state index contributed by atoms with van der Waals surface area (Å²) in [6, 6.07) is 9.03. The van der Waals surface area contributed by atoms with Gasteiger partial charge in [-0.1, -0.05) is 30.3 Å². The zero-order valence-electron chi connectivity index (χ0n) is 8.10. The van der Waals surface area contributed by atoms with Crippen molar-refractivity contribution in [2.24, 2.45) is 7.05 Å². The van der Waals surface area contributed by atoms with Crippen LogP contribution in [-0.4, -0.2) is 14.5 Å². The van der Waals surface area contributed by atoms with Crippen LogP contribution in [0.3, 0.4) is 0 Å². The van der Waals surface area contributed by atoms with E-state index in [1.807, 2.05) is 18.2 Å². The van der Waals surface area contributed by atoms with E-state index in [1.165, 1.54) is 7.05 Å². The van der Waals surface area contributed by atoms with Crippen molar-refractivity contribution in [2.45, 2.75) is 0 Å². The molecule has 0 aliphatic rings. The fourth-order valence-corrected chi connectivity index (χ4v) is 1.20. The van der Waals surface area contributed by atoms with E-state index in [-0.39, 0.29) is 0 Å². The average Bonchev–Trinajstić information content (AvgIpc) is 2.26. The minimum Gasteiger partial charge on any atom is -0.291 e. The summed E-state index contributed by atoms with van der Waals surface area (Å²) in [5.74, 6) is 0.295. The number of rotatable bonds is 1. The molecular formula is C10H9N3O2. The van der Waals surface area contributed by atoms with Crippen LogP contribution in [0.4, 0.5) is 0 Å². The first-order chi connectivity index (χ1) is 7.18. The molecule has 0 atom stereocenters. The van der Waals surface area contributed by atoms with Crippen molar-refractivity contribution >= 4 is 0 Å². The minimum absolute atomic E-state index is 0.295. The SMILES string of the molecule is Cn1c(=O)nc(-c2ccccc2)[nH]c1=O. The maximum absolute atomic E-state index is 11.3. The van der Waals surface area contributed by atoms with Gasteiger partial charge in [-0.25, -0.2) is 14.2 Å². The van der Waals surface area contributed by atoms with E-state index in [2.05, 4.69) is 9.97 Å². The number of aromatic amines is 1. The fraction of sp³-hybridized carbons (Fsp3) is 0.100. The van der Waals surface area contributed by atoms with E-state index in [0.29, 0.717) is 11.4 Å². The lowest BCUT2D eigenvalue weighted by Crippen LogP contribution is -2.34. The number of benzene rings is 1. The molecule has 1 N–H and O–H groups in total. The Balaban J connectivity index is 2.67. The van der Waals surface area contributed by atoms with E-state index < -0.39 is 11.4 Å². The number of nitrogens with zero attached hydrogens (tertiary/aromatic N) is 2. The average molecular weight is 203 g/mol. The quantitative estimate of drug-likeness (QED) is 0.716. The van der Waals surface area contributed by atoms with Crippen molar-refractivity contribution in [3.8, 4) is 11.4 Å². The summed E-state index contributed by atoms with van der Waals surface area (Å²) in [6.45, 7) is 0. The molecule has 0 radical (unpaired) electrons. The van der Waals surface area contributed by atoms with Crippen LogP contribution < -0.4 is 11.4 Å². The minimum atomic E-state index is -0.558. The van der Waals surface area contributed by atoms with Gasteiger partial charge in [-0.2, -0.15) is 4.98 Å². The van der Waals surface area contributed by atoms with E-state index in [1.54, 1.807) is 12.1 Å². The molecule has 0 saturated heterocycles. The van der Waals surface area contributed by atoms with Gasteiger partial charge in [0.2, 0.25) is 0 Å². The van der Waals surface area contributed by atoms with Crippen LogP contribution in [0.5, 0.6) is 0 Å². The van der Waals surface area contributed by atoms with Crippen LogP contribution in [-0.2, 0) is 7.05 Å². The first-order valence-corrected chi connectivity index (χ1v) is 4.41. The van der Waals surface area contributed by atoms with Crippen LogP contribution >= 0.6 is 0 Å². The molecule has 76 valence electrons. The Morgan fingerprint density at radius 3 is 2.47 bits per heavy atom. The molecule has 0 bridgehead atoms. The van der Waals surface area contributed by atoms with Gasteiger partial charge in [-0.15, -0.1) is 0 Å². The van der Waals surface area contributed by atoms with Crippen molar-refractivity contribution in [1.82, 2.24) is 14.5 Å². The molecule has 0 amide bonds. The van der Waals surface area contributed by atoms with Crippen molar-refractivity contribution in [1.29, 1.82) is 0 Å². The van der Waals surface area contributed by atoms with Gasteiger partial charge in [0.1, 0.15) is 5.82 Å². The number of hydrogen-bond acceptors (Lipinski definition) is 3. The summed E-state index contributed by atoms with van der Waals surface area (Å²) >= 11 is 0. The molecule has 1 aromatic heterocycles. The molecule has 15 heavy (non-hydrogen) atoms. The standard InChI is InChI=1S/C10H9N3O2/c1-13-9(14)11-8(12-10(13)15)7-5-3-2-4-6-7/h2-6H,1H3,(H,11,12,14,15). The maximum atomic E-state index is 11.3. The topological polar surface area (TPSA) is 67.8 Å². The lowest BCUT2D eigenvalue weighted by Gasteiger charge is -2.00. The summed E-state index contributed by atoms with van der Waals surface area (Å²) in [4.78, 5) is 28.9. The van der Waals surface area contributed by atoms with Crippen molar-refractivity contribution in [3.05, 3.63) is 51.3 Å². The monoisotopic (exact) mass is 203 g/mol. The van der Waals surface area contributed by atoms with Crippen molar-refractivity contribution in [3.63, 3.8) is 0 Å². The van der Waals surface area contributed by atoms with Crippen LogP contribution in [0.25, 0.3) is 11.4 Å². The molecule has 0 aliphatic carbocycles. The van der Waals surface area contributed by atoms with Gasteiger partial charge < -0.3 is 0 Å². The second-order valence-corrected chi connectivity index (χ2v) is 3.10. The summed E-state index contributed by atoms with van der Waals surface area (Å²) in [6.07, 6.45) is 0. The highest BCUT2D eigenvalue weighted by atomic mass is 16.2. The number of hydrogen-bond donors (Lipinski definition) is 1. The lowest BCUT2D eigenvalue weighted by molar-refractivity contribution is 0.733. The Hall–Kier alpha value is -2.17. The fourth-order valence-electron chi connectivity index (χ4n) is 1.20. The van der Waals surface area contributed by atoms with Gasteiger partial charge in [-0.3, -0.25) is 4.98 Å². The number of H-pyrrole nitrogens is 1. The summed E-state index contributed by atoms with van der Waals surface area (Å²) < 4.78 is 0.923. The van der Waals surface area contributed by atoms with Crippen LogP contribution in [0.2, 0.25) is 0 Å². The van der Waals surface area contributed by atoms with Crippen LogP contribution in [0.15, 0.2) is 39.9 Å². The van der Waals surface area contributed by atoms with Crippen LogP contribution in [0.1, 0.15) is 0 Å². The Labute approximate surface area is 85.0 Å². The number of nitrogens with one attached hydrogen (secondary N) is 1. The third-order valence-corrected chi connectivity index (χ3v) is 2.07. The molecule has 0 fully saturated rings. The Morgan fingerprint density at radius 1 is 1.20 bits per heavy atom. The van der Waals surface area contributed by atoms with Crippen molar-refractivity contribution in [2.75, 3.05) is 0 Å². The van der Waals surface area contributed by atoms with E-state index >= 15 is 0 Å². The predicted octanol–water partition coefficient (Wildman–Crippen LogP) is 0.136. The maximum Gasteiger partial charge on any atom is 0.353 e. The number of aromatic nitrogens is 3. The predicted molar refractivity (Wildman–Crippen MR) is 55.5 cm³/mol. The highest BCUT2D eigenvalue weighted by Crippen LogP contribution is 2.09. The lowest BCUT2D eigenvalue weighted by atomic mass is 10.2. The van der Waals surface area contributed by atoms with Crippen molar-refractivity contribution < 1.29 is 0 Å². The molecule has 0 unspecified atom stereocenters. The molecule has 1 heterocycles.